The SMILES string of the molecule is COC1C[C@]2(CC[C@H](C)N3C[C@H]2n2cc(C(N)=O)c(=O)c(OCc4ccccc4)c2C3=O)ON1Cc1cc(F)c(F)cc1F. The maximum atomic E-state index is 14.6. The summed E-state index contributed by atoms with van der Waals surface area (Å²) in [5, 5.41) is 1.37. The number of primary amides is 1. The number of hydrogen-bond donors (Lipinski definition) is 1. The highest BCUT2D eigenvalue weighted by molar-refractivity contribution is 5.99. The van der Waals surface area contributed by atoms with Gasteiger partial charge in [-0.05, 0) is 31.4 Å². The summed E-state index contributed by atoms with van der Waals surface area (Å²) < 4.78 is 55.5. The number of rotatable bonds is 7. The molecule has 1 unspecified atom stereocenters. The van der Waals surface area contributed by atoms with Crippen molar-refractivity contribution in [2.24, 2.45) is 5.73 Å². The Bertz CT molecular complexity index is 1690. The first-order valence-corrected chi connectivity index (χ1v) is 14.2. The molecular weight excluding hydrogens is 581 g/mol. The van der Waals surface area contributed by atoms with Gasteiger partial charge in [-0.15, -0.1) is 0 Å². The fourth-order valence-electron chi connectivity index (χ4n) is 6.43. The molecule has 10 nitrogen and oxygen atoms in total. The molecule has 3 aliphatic rings. The number of ether oxygens (including phenoxy) is 2. The molecule has 4 atom stereocenters. The average molecular weight is 613 g/mol. The van der Waals surface area contributed by atoms with E-state index >= 15 is 0 Å². The van der Waals surface area contributed by atoms with E-state index in [1.54, 1.807) is 29.2 Å². The number of hydrogen-bond acceptors (Lipinski definition) is 7. The van der Waals surface area contributed by atoms with Crippen molar-refractivity contribution in [3.8, 4) is 5.75 Å². The Morgan fingerprint density at radius 1 is 1.11 bits per heavy atom. The third-order valence-corrected chi connectivity index (χ3v) is 8.81. The molecule has 0 saturated carbocycles. The van der Waals surface area contributed by atoms with Crippen LogP contribution in [0.25, 0.3) is 0 Å². The van der Waals surface area contributed by atoms with Gasteiger partial charge in [-0.3, -0.25) is 19.2 Å². The van der Waals surface area contributed by atoms with Crippen LogP contribution in [0.3, 0.4) is 0 Å². The number of aromatic nitrogens is 1. The van der Waals surface area contributed by atoms with E-state index in [0.29, 0.717) is 18.9 Å². The fraction of sp³-hybridized carbons (Fsp3) is 0.387. The summed E-state index contributed by atoms with van der Waals surface area (Å²) in [6.07, 6.45) is 1.71. The molecule has 2 bridgehead atoms. The summed E-state index contributed by atoms with van der Waals surface area (Å²) in [7, 11) is 1.45. The highest BCUT2D eigenvalue weighted by atomic mass is 19.2. The number of fused-ring (bicyclic) bond motifs is 5. The van der Waals surface area contributed by atoms with Crippen LogP contribution >= 0.6 is 0 Å². The molecule has 3 aromatic rings. The van der Waals surface area contributed by atoms with Crippen molar-refractivity contribution in [1.82, 2.24) is 14.5 Å². The summed E-state index contributed by atoms with van der Waals surface area (Å²) in [4.78, 5) is 48.2. The van der Waals surface area contributed by atoms with Crippen LogP contribution in [0.1, 0.15) is 64.2 Å². The topological polar surface area (TPSA) is 116 Å². The van der Waals surface area contributed by atoms with Crippen molar-refractivity contribution >= 4 is 11.8 Å². The van der Waals surface area contributed by atoms with Gasteiger partial charge in [-0.2, -0.15) is 5.06 Å². The quantitative estimate of drug-likeness (QED) is 0.405. The highest BCUT2D eigenvalue weighted by Crippen LogP contribution is 2.49. The molecule has 6 rings (SSSR count). The van der Waals surface area contributed by atoms with E-state index in [-0.39, 0.29) is 54.7 Å². The molecule has 0 aliphatic carbocycles. The van der Waals surface area contributed by atoms with Crippen molar-refractivity contribution < 1.29 is 37.1 Å². The van der Waals surface area contributed by atoms with E-state index in [9.17, 15) is 27.6 Å². The Morgan fingerprint density at radius 3 is 2.55 bits per heavy atom. The van der Waals surface area contributed by atoms with E-state index < -0.39 is 52.6 Å². The maximum Gasteiger partial charge on any atom is 0.274 e. The number of methoxy groups -OCH3 is 1. The molecule has 2 aromatic carbocycles. The molecule has 1 aromatic heterocycles. The van der Waals surface area contributed by atoms with Gasteiger partial charge in [0.2, 0.25) is 5.43 Å². The third kappa shape index (κ3) is 5.04. The second-order valence-corrected chi connectivity index (χ2v) is 11.4. The lowest BCUT2D eigenvalue weighted by Gasteiger charge is -2.42. The number of carbonyl (C=O) groups is 2. The lowest BCUT2D eigenvalue weighted by Crippen LogP contribution is -2.52. The van der Waals surface area contributed by atoms with Gasteiger partial charge in [-0.1, -0.05) is 30.3 Å². The summed E-state index contributed by atoms with van der Waals surface area (Å²) >= 11 is 0. The minimum absolute atomic E-state index is 0.0389. The number of pyridine rings is 1. The van der Waals surface area contributed by atoms with Gasteiger partial charge in [0.05, 0.1) is 12.6 Å². The van der Waals surface area contributed by atoms with Crippen LogP contribution in [-0.2, 0) is 22.7 Å². The molecule has 4 heterocycles. The van der Waals surface area contributed by atoms with Crippen LogP contribution in [0.15, 0.2) is 53.5 Å². The van der Waals surface area contributed by atoms with Crippen molar-refractivity contribution in [3.05, 3.63) is 98.7 Å². The van der Waals surface area contributed by atoms with E-state index in [0.717, 1.165) is 11.6 Å². The Kier molecular flexibility index (Phi) is 7.72. The van der Waals surface area contributed by atoms with Crippen molar-refractivity contribution in [2.45, 2.75) is 63.3 Å². The van der Waals surface area contributed by atoms with E-state index in [2.05, 4.69) is 0 Å². The van der Waals surface area contributed by atoms with Crippen LogP contribution in [0.2, 0.25) is 0 Å². The normalized spacial score (nSPS) is 24.8. The first-order valence-electron chi connectivity index (χ1n) is 14.2. The average Bonchev–Trinajstić information content (AvgIpc) is 3.30. The monoisotopic (exact) mass is 612 g/mol. The number of amides is 2. The van der Waals surface area contributed by atoms with Gasteiger partial charge in [0.1, 0.15) is 29.8 Å². The zero-order chi connectivity index (χ0) is 31.3. The molecule has 2 saturated heterocycles. The molecule has 44 heavy (non-hydrogen) atoms. The van der Waals surface area contributed by atoms with Crippen LogP contribution in [-0.4, -0.2) is 57.9 Å². The van der Waals surface area contributed by atoms with Gasteiger partial charge in [0, 0.05) is 43.9 Å². The lowest BCUT2D eigenvalue weighted by atomic mass is 9.85. The number of benzene rings is 2. The van der Waals surface area contributed by atoms with E-state index in [4.69, 9.17) is 20.0 Å². The number of nitrogens with zero attached hydrogens (tertiary/aromatic N) is 3. The van der Waals surface area contributed by atoms with Crippen molar-refractivity contribution in [3.63, 3.8) is 0 Å². The number of carbonyl (C=O) groups excluding carboxylic acids is 2. The predicted molar refractivity (Wildman–Crippen MR) is 150 cm³/mol. The first-order chi connectivity index (χ1) is 21.0. The van der Waals surface area contributed by atoms with Crippen molar-refractivity contribution in [2.75, 3.05) is 13.7 Å². The first kappa shape index (κ1) is 29.9. The molecule has 3 aliphatic heterocycles. The van der Waals surface area contributed by atoms with Gasteiger partial charge in [0.15, 0.2) is 23.1 Å². The molecule has 0 radical (unpaired) electrons. The minimum atomic E-state index is -1.31. The number of halogens is 3. The Morgan fingerprint density at radius 2 is 1.84 bits per heavy atom. The molecule has 232 valence electrons. The molecule has 13 heteroatoms. The Hall–Kier alpha value is -4.20. The van der Waals surface area contributed by atoms with Gasteiger partial charge >= 0.3 is 0 Å². The van der Waals surface area contributed by atoms with Crippen LogP contribution in [0.4, 0.5) is 13.2 Å². The van der Waals surface area contributed by atoms with Crippen LogP contribution in [0.5, 0.6) is 5.75 Å². The van der Waals surface area contributed by atoms with Crippen molar-refractivity contribution in [1.29, 1.82) is 0 Å². The smallest absolute Gasteiger partial charge is 0.274 e. The molecule has 2 N–H and O–H groups in total. The van der Waals surface area contributed by atoms with Crippen LogP contribution < -0.4 is 15.9 Å². The molecular formula is C31H31F3N4O6. The second kappa shape index (κ2) is 11.4. The fourth-order valence-corrected chi connectivity index (χ4v) is 6.43. The van der Waals surface area contributed by atoms with Gasteiger partial charge in [0.25, 0.3) is 11.8 Å². The Labute approximate surface area is 250 Å². The molecule has 1 spiro atoms. The zero-order valence-corrected chi connectivity index (χ0v) is 24.1. The zero-order valence-electron chi connectivity index (χ0n) is 24.1. The largest absolute Gasteiger partial charge is 0.483 e. The van der Waals surface area contributed by atoms with Gasteiger partial charge in [-0.25, -0.2) is 13.2 Å². The highest BCUT2D eigenvalue weighted by Gasteiger charge is 2.57. The number of hydroxylamine groups is 2. The van der Waals surface area contributed by atoms with E-state index in [1.807, 2.05) is 13.0 Å². The lowest BCUT2D eigenvalue weighted by molar-refractivity contribution is -0.252. The summed E-state index contributed by atoms with van der Waals surface area (Å²) in [5.74, 6) is -5.17. The molecule has 2 amide bonds. The third-order valence-electron chi connectivity index (χ3n) is 8.81. The minimum Gasteiger partial charge on any atom is -0.483 e. The van der Waals surface area contributed by atoms with Crippen LogP contribution in [0, 0.1) is 17.5 Å². The second-order valence-electron chi connectivity index (χ2n) is 11.4. The summed E-state index contributed by atoms with van der Waals surface area (Å²) in [6, 6.07) is 9.37. The van der Waals surface area contributed by atoms with E-state index in [1.165, 1.54) is 22.9 Å². The number of nitrogens with two attached hydrogens (primary N) is 1. The summed E-state index contributed by atoms with van der Waals surface area (Å²) in [5.41, 5.74) is 3.95. The standard InChI is InChI=1S/C31H31F3N4O6/c1-17-8-9-31(12-25(42-2)38(44-31)13-19-10-22(33)23(34)11-21(19)32)24-15-36(17)30(41)26-28(43-16-18-6-4-3-5-7-18)27(39)20(29(35)40)14-37(24)26/h3-7,10-11,14,17,24-25H,8-9,12-13,15-16H2,1-2H3,(H2,35,40)/t17-,24+,25?,31-/m0/s1. The van der Waals surface area contributed by atoms with Gasteiger partial charge < -0.3 is 24.7 Å². The summed E-state index contributed by atoms with van der Waals surface area (Å²) in [6.45, 7) is 1.75. The predicted octanol–water partition coefficient (Wildman–Crippen LogP) is 3.67. The molecule has 2 fully saturated rings. The maximum absolute atomic E-state index is 14.6. The Balaban J connectivity index is 1.45.